The highest BCUT2D eigenvalue weighted by Crippen LogP contribution is 2.37. The van der Waals surface area contributed by atoms with E-state index in [9.17, 15) is 9.59 Å². The van der Waals surface area contributed by atoms with Gasteiger partial charge in [0.25, 0.3) is 5.91 Å². The molecular formula is C26H25N3O4S2. The van der Waals surface area contributed by atoms with Crippen LogP contribution < -0.4 is 20.1 Å². The molecule has 0 bridgehead atoms. The molecule has 0 aliphatic heterocycles. The van der Waals surface area contributed by atoms with Crippen LogP contribution in [0.5, 0.6) is 11.5 Å². The summed E-state index contributed by atoms with van der Waals surface area (Å²) in [6, 6.07) is 20.1. The number of aromatic nitrogens is 1. The molecule has 35 heavy (non-hydrogen) atoms. The monoisotopic (exact) mass is 507 g/mol. The molecule has 0 saturated carbocycles. The van der Waals surface area contributed by atoms with Gasteiger partial charge in [-0.15, -0.1) is 11.3 Å². The van der Waals surface area contributed by atoms with Gasteiger partial charge in [-0.1, -0.05) is 42.1 Å². The second-order valence-corrected chi connectivity index (χ2v) is 9.57. The number of anilines is 2. The van der Waals surface area contributed by atoms with Crippen LogP contribution in [0.25, 0.3) is 10.2 Å². The number of hydrogen-bond donors (Lipinski definition) is 2. The zero-order chi connectivity index (χ0) is 24.6. The Bertz CT molecular complexity index is 1290. The third-order valence-corrected chi connectivity index (χ3v) is 7.02. The molecule has 0 saturated heterocycles. The van der Waals surface area contributed by atoms with Gasteiger partial charge in [0, 0.05) is 17.7 Å². The molecule has 0 spiro atoms. The van der Waals surface area contributed by atoms with Crippen molar-refractivity contribution >= 4 is 56.5 Å². The molecule has 9 heteroatoms. The van der Waals surface area contributed by atoms with Gasteiger partial charge in [-0.2, -0.15) is 0 Å². The average molecular weight is 508 g/mol. The first-order valence-electron chi connectivity index (χ1n) is 11.2. The number of para-hydroxylation sites is 1. The lowest BCUT2D eigenvalue weighted by Gasteiger charge is -2.17. The normalized spacial score (nSPS) is 10.7. The average Bonchev–Trinajstić information content (AvgIpc) is 3.29. The standard InChI is InChI=1S/C26H25N3O4S2/c1-3-32-21-15-20(28-25(31)17-10-6-5-7-11-17)22(33-4-2)14-19(21)27-24(30)16-34-26-29-18-12-8-9-13-23(18)35-26/h5-15H,3-4,16H2,1-2H3,(H,27,30)(H,28,31). The number of carbonyl (C=O) groups is 2. The van der Waals surface area contributed by atoms with Crippen LogP contribution in [0.15, 0.2) is 71.1 Å². The maximum atomic E-state index is 12.8. The maximum Gasteiger partial charge on any atom is 0.255 e. The number of fused-ring (bicyclic) bond motifs is 1. The Labute approximate surface area is 211 Å². The minimum absolute atomic E-state index is 0.196. The Kier molecular flexibility index (Phi) is 8.23. The summed E-state index contributed by atoms with van der Waals surface area (Å²) in [5.41, 5.74) is 2.39. The number of ether oxygens (including phenoxy) is 2. The highest BCUT2D eigenvalue weighted by Gasteiger charge is 2.17. The summed E-state index contributed by atoms with van der Waals surface area (Å²) in [7, 11) is 0. The Hall–Kier alpha value is -3.56. The number of carbonyl (C=O) groups excluding carboxylic acids is 2. The predicted octanol–water partition coefficient (Wildman–Crippen LogP) is 6.08. The molecule has 0 aliphatic rings. The molecule has 1 heterocycles. The molecule has 180 valence electrons. The molecule has 2 N–H and O–H groups in total. The molecule has 0 radical (unpaired) electrons. The third kappa shape index (κ3) is 6.32. The first-order valence-corrected chi connectivity index (χ1v) is 13.0. The van der Waals surface area contributed by atoms with Gasteiger partial charge in [0.15, 0.2) is 4.34 Å². The molecule has 0 aliphatic carbocycles. The van der Waals surface area contributed by atoms with E-state index in [1.807, 2.05) is 44.2 Å². The molecule has 0 unspecified atom stereocenters. The summed E-state index contributed by atoms with van der Waals surface area (Å²) < 4.78 is 13.4. The van der Waals surface area contributed by atoms with Crippen molar-refractivity contribution in [2.45, 2.75) is 18.2 Å². The smallest absolute Gasteiger partial charge is 0.255 e. The number of nitrogens with one attached hydrogen (secondary N) is 2. The van der Waals surface area contributed by atoms with Gasteiger partial charge in [-0.3, -0.25) is 9.59 Å². The molecule has 0 atom stereocenters. The molecule has 7 nitrogen and oxygen atoms in total. The van der Waals surface area contributed by atoms with E-state index in [0.717, 1.165) is 14.6 Å². The first-order chi connectivity index (χ1) is 17.1. The SMILES string of the molecule is CCOc1cc(NC(=O)c2ccccc2)c(OCC)cc1NC(=O)CSc1nc2ccccc2s1. The summed E-state index contributed by atoms with van der Waals surface area (Å²) in [6.07, 6.45) is 0. The fourth-order valence-electron chi connectivity index (χ4n) is 3.32. The van der Waals surface area contributed by atoms with Gasteiger partial charge in [0.2, 0.25) is 5.91 Å². The van der Waals surface area contributed by atoms with Gasteiger partial charge in [0.05, 0.1) is 40.6 Å². The largest absolute Gasteiger partial charge is 0.492 e. The van der Waals surface area contributed by atoms with Crippen molar-refractivity contribution in [3.05, 3.63) is 72.3 Å². The van der Waals surface area contributed by atoms with E-state index in [0.29, 0.717) is 41.7 Å². The minimum atomic E-state index is -0.266. The summed E-state index contributed by atoms with van der Waals surface area (Å²) in [5, 5.41) is 5.79. The van der Waals surface area contributed by atoms with E-state index in [1.165, 1.54) is 11.8 Å². The molecular weight excluding hydrogens is 482 g/mol. The summed E-state index contributed by atoms with van der Waals surface area (Å²) in [5.74, 6) is 0.616. The van der Waals surface area contributed by atoms with Crippen LogP contribution in [0.3, 0.4) is 0 Å². The molecule has 4 aromatic rings. The topological polar surface area (TPSA) is 89.5 Å². The summed E-state index contributed by atoms with van der Waals surface area (Å²) in [6.45, 7) is 4.49. The Morgan fingerprint density at radius 3 is 2.17 bits per heavy atom. The van der Waals surface area contributed by atoms with Crippen LogP contribution in [-0.4, -0.2) is 35.8 Å². The number of amides is 2. The van der Waals surface area contributed by atoms with Crippen molar-refractivity contribution in [3.63, 3.8) is 0 Å². The molecule has 2 amide bonds. The maximum absolute atomic E-state index is 12.8. The first kappa shape index (κ1) is 24.6. The van der Waals surface area contributed by atoms with E-state index in [1.54, 1.807) is 47.7 Å². The Morgan fingerprint density at radius 2 is 1.51 bits per heavy atom. The van der Waals surface area contributed by atoms with Gasteiger partial charge >= 0.3 is 0 Å². The van der Waals surface area contributed by atoms with E-state index in [4.69, 9.17) is 9.47 Å². The van der Waals surface area contributed by atoms with Crippen LogP contribution in [0.4, 0.5) is 11.4 Å². The van der Waals surface area contributed by atoms with Crippen molar-refractivity contribution in [1.82, 2.24) is 4.98 Å². The zero-order valence-electron chi connectivity index (χ0n) is 19.4. The van der Waals surface area contributed by atoms with E-state index in [2.05, 4.69) is 15.6 Å². The van der Waals surface area contributed by atoms with E-state index in [-0.39, 0.29) is 17.6 Å². The van der Waals surface area contributed by atoms with Crippen molar-refractivity contribution < 1.29 is 19.1 Å². The fourth-order valence-corrected chi connectivity index (χ4v) is 5.18. The quantitative estimate of drug-likeness (QED) is 0.253. The number of thioether (sulfide) groups is 1. The highest BCUT2D eigenvalue weighted by molar-refractivity contribution is 8.01. The van der Waals surface area contributed by atoms with Crippen LogP contribution in [0.2, 0.25) is 0 Å². The van der Waals surface area contributed by atoms with Crippen LogP contribution in [0, 0.1) is 0 Å². The molecule has 4 rings (SSSR count). The van der Waals surface area contributed by atoms with Crippen molar-refractivity contribution in [2.24, 2.45) is 0 Å². The Morgan fingerprint density at radius 1 is 0.886 bits per heavy atom. The lowest BCUT2D eigenvalue weighted by Crippen LogP contribution is -2.16. The van der Waals surface area contributed by atoms with Crippen molar-refractivity contribution in [1.29, 1.82) is 0 Å². The van der Waals surface area contributed by atoms with Gasteiger partial charge in [0.1, 0.15) is 11.5 Å². The molecule has 1 aromatic heterocycles. The lowest BCUT2D eigenvalue weighted by atomic mass is 10.2. The van der Waals surface area contributed by atoms with E-state index >= 15 is 0 Å². The Balaban J connectivity index is 1.50. The third-order valence-electron chi connectivity index (χ3n) is 4.84. The lowest BCUT2D eigenvalue weighted by molar-refractivity contribution is -0.113. The van der Waals surface area contributed by atoms with Gasteiger partial charge in [-0.25, -0.2) is 4.98 Å². The van der Waals surface area contributed by atoms with Gasteiger partial charge < -0.3 is 20.1 Å². The predicted molar refractivity (Wildman–Crippen MR) is 142 cm³/mol. The van der Waals surface area contributed by atoms with Crippen molar-refractivity contribution in [3.8, 4) is 11.5 Å². The zero-order valence-corrected chi connectivity index (χ0v) is 21.0. The van der Waals surface area contributed by atoms with Crippen molar-refractivity contribution in [2.75, 3.05) is 29.6 Å². The number of hydrogen-bond acceptors (Lipinski definition) is 7. The van der Waals surface area contributed by atoms with E-state index < -0.39 is 0 Å². The summed E-state index contributed by atoms with van der Waals surface area (Å²) in [4.78, 5) is 30.0. The highest BCUT2D eigenvalue weighted by atomic mass is 32.2. The second-order valence-electron chi connectivity index (χ2n) is 7.32. The summed E-state index contributed by atoms with van der Waals surface area (Å²) >= 11 is 2.94. The number of rotatable bonds is 10. The van der Waals surface area contributed by atoms with Gasteiger partial charge in [-0.05, 0) is 38.1 Å². The number of benzene rings is 3. The van der Waals surface area contributed by atoms with Crippen LogP contribution in [0.1, 0.15) is 24.2 Å². The minimum Gasteiger partial charge on any atom is -0.492 e. The second kappa shape index (κ2) is 11.7. The van der Waals surface area contributed by atoms with Crippen LogP contribution >= 0.6 is 23.1 Å². The van der Waals surface area contributed by atoms with Crippen LogP contribution in [-0.2, 0) is 4.79 Å². The molecule has 3 aromatic carbocycles. The number of thiazole rings is 1. The fraction of sp³-hybridized carbons (Fsp3) is 0.192. The molecule has 0 fully saturated rings. The number of nitrogens with zero attached hydrogens (tertiary/aromatic N) is 1.